The molecule has 75 heavy (non-hydrogen) atoms. The summed E-state index contributed by atoms with van der Waals surface area (Å²) in [7, 11) is 0.904. The predicted molar refractivity (Wildman–Crippen MR) is 251 cm³/mol. The Hall–Kier alpha value is -6.77. The number of ether oxygens (including phenoxy) is 13. The largest absolute Gasteiger partial charge is 0.465 e. The molecule has 2 N–H and O–H groups in total. The highest BCUT2D eigenvalue weighted by atomic mass is 16.8. The second-order valence-corrected chi connectivity index (χ2v) is 17.6. The highest BCUT2D eigenvalue weighted by molar-refractivity contribution is 5.79. The van der Waals surface area contributed by atoms with E-state index in [1.807, 2.05) is 54.6 Å². The molecule has 3 heterocycles. The summed E-state index contributed by atoms with van der Waals surface area (Å²) in [6, 6.07) is 15.9. The Balaban J connectivity index is 1.56. The van der Waals surface area contributed by atoms with Crippen LogP contribution in [0.5, 0.6) is 0 Å². The molecule has 0 radical (unpaired) electrons. The molecule has 26 nitrogen and oxygen atoms in total. The van der Waals surface area contributed by atoms with E-state index in [9.17, 15) is 49.0 Å². The lowest BCUT2D eigenvalue weighted by atomic mass is 9.87. The summed E-state index contributed by atoms with van der Waals surface area (Å²) in [5.74, 6) is -10.7. The number of carbonyl (C=O) groups is 8. The molecule has 0 spiro atoms. The molecule has 1 amide bonds. The van der Waals surface area contributed by atoms with Gasteiger partial charge < -0.3 is 72.0 Å². The van der Waals surface area contributed by atoms with Gasteiger partial charge in [0.1, 0.15) is 55.4 Å². The average Bonchev–Trinajstić information content (AvgIpc) is 3.34. The van der Waals surface area contributed by atoms with Gasteiger partial charge in [-0.2, -0.15) is 0 Å². The van der Waals surface area contributed by atoms with Crippen LogP contribution in [-0.2, 0) is 107 Å². The monoisotopic (exact) mass is 1060 g/mol. The van der Waals surface area contributed by atoms with Crippen molar-refractivity contribution in [2.24, 2.45) is 5.11 Å². The zero-order chi connectivity index (χ0) is 55.0. The maximum Gasteiger partial charge on any atom is 0.366 e. The third-order valence-electron chi connectivity index (χ3n) is 11.8. The van der Waals surface area contributed by atoms with Gasteiger partial charge in [0.2, 0.25) is 5.91 Å². The maximum absolute atomic E-state index is 14.4. The van der Waals surface area contributed by atoms with Gasteiger partial charge in [0.25, 0.3) is 5.79 Å². The van der Waals surface area contributed by atoms with Crippen LogP contribution in [0.15, 0.2) is 59.7 Å². The van der Waals surface area contributed by atoms with E-state index in [1.54, 1.807) is 0 Å². The molecular formula is C49H62N4O22. The fourth-order valence-electron chi connectivity index (χ4n) is 8.81. The van der Waals surface area contributed by atoms with Crippen molar-refractivity contribution >= 4 is 47.7 Å². The zero-order valence-corrected chi connectivity index (χ0v) is 42.5. The molecule has 0 unspecified atom stereocenters. The molecule has 0 aromatic heterocycles. The van der Waals surface area contributed by atoms with Crippen molar-refractivity contribution in [1.29, 1.82) is 0 Å². The Morgan fingerprint density at radius 1 is 0.773 bits per heavy atom. The molecule has 0 bridgehead atoms. The number of benzene rings is 2. The van der Waals surface area contributed by atoms with Crippen LogP contribution in [0.4, 0.5) is 0 Å². The third kappa shape index (κ3) is 16.6. The first-order chi connectivity index (χ1) is 35.6. The quantitative estimate of drug-likeness (QED) is 0.0561. The Morgan fingerprint density at radius 2 is 1.41 bits per heavy atom. The average molecular weight is 1060 g/mol. The zero-order valence-electron chi connectivity index (χ0n) is 42.5. The summed E-state index contributed by atoms with van der Waals surface area (Å²) in [5.41, 5.74) is 12.1. The molecule has 3 aliphatic heterocycles. The molecule has 0 aliphatic carbocycles. The number of carbonyl (C=O) groups excluding carboxylic acids is 8. The van der Waals surface area contributed by atoms with Gasteiger partial charge in [-0.05, 0) is 22.2 Å². The van der Waals surface area contributed by atoms with Crippen LogP contribution in [0.3, 0.4) is 0 Å². The minimum Gasteiger partial charge on any atom is -0.465 e. The first-order valence-corrected chi connectivity index (χ1v) is 23.7. The summed E-state index contributed by atoms with van der Waals surface area (Å²) in [6.07, 6.45) is -21.0. The number of methoxy groups -OCH3 is 1. The molecule has 14 atom stereocenters. The van der Waals surface area contributed by atoms with E-state index in [-0.39, 0.29) is 26.2 Å². The Morgan fingerprint density at radius 3 is 2.00 bits per heavy atom. The van der Waals surface area contributed by atoms with Crippen LogP contribution in [-0.4, -0.2) is 172 Å². The molecule has 0 saturated carbocycles. The van der Waals surface area contributed by atoms with E-state index in [2.05, 4.69) is 15.3 Å². The Kier molecular flexibility index (Phi) is 21.8. The number of nitrogens with one attached hydrogen (secondary N) is 1. The van der Waals surface area contributed by atoms with Crippen LogP contribution < -0.4 is 5.32 Å². The van der Waals surface area contributed by atoms with Crippen molar-refractivity contribution in [2.45, 2.75) is 153 Å². The smallest absolute Gasteiger partial charge is 0.366 e. The van der Waals surface area contributed by atoms with Gasteiger partial charge in [-0.3, -0.25) is 33.6 Å². The number of esters is 7. The van der Waals surface area contributed by atoms with E-state index in [0.717, 1.165) is 72.3 Å². The van der Waals surface area contributed by atoms with E-state index in [1.165, 1.54) is 0 Å². The minimum atomic E-state index is -2.96. The minimum absolute atomic E-state index is 0.0117. The Bertz CT molecular complexity index is 2360. The van der Waals surface area contributed by atoms with Crippen molar-refractivity contribution in [3.63, 3.8) is 0 Å². The molecular weight excluding hydrogens is 997 g/mol. The van der Waals surface area contributed by atoms with Gasteiger partial charge >= 0.3 is 41.8 Å². The number of hydrogen-bond acceptors (Lipinski definition) is 23. The van der Waals surface area contributed by atoms with Crippen LogP contribution >= 0.6 is 0 Å². The number of rotatable bonds is 22. The second kappa shape index (κ2) is 27.7. The highest BCUT2D eigenvalue weighted by Gasteiger charge is 2.63. The van der Waals surface area contributed by atoms with Crippen LogP contribution in [0.2, 0.25) is 0 Å². The van der Waals surface area contributed by atoms with Crippen molar-refractivity contribution in [2.75, 3.05) is 33.5 Å². The van der Waals surface area contributed by atoms with Gasteiger partial charge in [-0.1, -0.05) is 59.7 Å². The van der Waals surface area contributed by atoms with Gasteiger partial charge in [0.05, 0.1) is 39.3 Å². The standard InChI is InChI=1S/C49H62N4O22/c1-25(54)52-40-36(67-27(3)56)20-49(48(62)63-8,74-44(40)43(70-30(6)59)37(21-51-53-50)68-28(4)57)75-45-41(61)38(24-66-26(2)55)73-47(46(45)71-31(7)60)72-35-18-19-65-39(42(35)69-29(5)58)23-64-22-32-14-16-34(17-15-32)33-12-10-9-11-13-33/h9-17,35-47,61H,18-24H2,1-8H3,(H,52,54)/t35-,36+,37-,38-,39-,40-,41+,42-,43-,44-,45+,46-,47-,49-/m1/s1. The van der Waals surface area contributed by atoms with Crippen LogP contribution in [0.1, 0.15) is 66.9 Å². The number of hydrogen-bond donors (Lipinski definition) is 2. The lowest BCUT2D eigenvalue weighted by molar-refractivity contribution is -0.377. The van der Waals surface area contributed by atoms with Crippen molar-refractivity contribution < 1.29 is 105 Å². The molecule has 410 valence electrons. The van der Waals surface area contributed by atoms with Crippen molar-refractivity contribution in [3.8, 4) is 11.1 Å². The lowest BCUT2D eigenvalue weighted by Gasteiger charge is -2.51. The fourth-order valence-corrected chi connectivity index (χ4v) is 8.81. The van der Waals surface area contributed by atoms with Gasteiger partial charge in [0, 0.05) is 66.4 Å². The first-order valence-electron chi connectivity index (χ1n) is 23.7. The molecule has 5 rings (SSSR count). The van der Waals surface area contributed by atoms with E-state index >= 15 is 0 Å². The normalized spacial score (nSPS) is 28.1. The van der Waals surface area contributed by atoms with Crippen LogP contribution in [0, 0.1) is 0 Å². The summed E-state index contributed by atoms with van der Waals surface area (Å²) < 4.78 is 76.3. The van der Waals surface area contributed by atoms with Gasteiger partial charge in [-0.25, -0.2) is 4.79 Å². The predicted octanol–water partition coefficient (Wildman–Crippen LogP) is 2.21. The maximum atomic E-state index is 14.4. The molecule has 2 aromatic rings. The summed E-state index contributed by atoms with van der Waals surface area (Å²) in [5, 5.41) is 18.2. The highest BCUT2D eigenvalue weighted by Crippen LogP contribution is 2.41. The fraction of sp³-hybridized carbons (Fsp3) is 0.592. The molecule has 3 fully saturated rings. The number of aliphatic hydroxyl groups is 1. The number of aliphatic hydroxyl groups excluding tert-OH is 1. The lowest BCUT2D eigenvalue weighted by Crippen LogP contribution is -2.71. The van der Waals surface area contributed by atoms with Crippen LogP contribution in [0.25, 0.3) is 21.6 Å². The molecule has 3 saturated heterocycles. The SMILES string of the molecule is COC(=O)[C@]1(O[C@H]2[C@@H](O)[C@@H](COC(C)=O)O[C@@H](O[C@@H]3CCO[C@H](COCc4ccc(-c5ccccc5)cc4)[C@@H]3OC(C)=O)[C@@H]2OC(C)=O)C[C@H](OC(C)=O)[C@@H](NC(C)=O)[C@H]([C@H](OC(C)=O)[C@@H](CN=[N+]=[N-])OC(C)=O)O1. The molecule has 2 aromatic carbocycles. The molecule has 3 aliphatic rings. The first kappa shape index (κ1) is 59.1. The van der Waals surface area contributed by atoms with E-state index in [0.29, 0.717) is 0 Å². The third-order valence-corrected chi connectivity index (χ3v) is 11.8. The summed E-state index contributed by atoms with van der Waals surface area (Å²) >= 11 is 0. The number of azide groups is 1. The summed E-state index contributed by atoms with van der Waals surface area (Å²) in [6.45, 7) is 5.80. The Labute approximate surface area is 430 Å². The number of nitrogens with zero attached hydrogens (tertiary/aromatic N) is 3. The second-order valence-electron chi connectivity index (χ2n) is 17.6. The van der Waals surface area contributed by atoms with Crippen molar-refractivity contribution in [1.82, 2.24) is 5.32 Å². The van der Waals surface area contributed by atoms with Crippen molar-refractivity contribution in [3.05, 3.63) is 70.6 Å². The van der Waals surface area contributed by atoms with E-state index < -0.39 is 153 Å². The van der Waals surface area contributed by atoms with Gasteiger partial charge in [-0.15, -0.1) is 0 Å². The number of amides is 1. The van der Waals surface area contributed by atoms with Gasteiger partial charge in [0.15, 0.2) is 24.6 Å². The molecule has 26 heteroatoms. The van der Waals surface area contributed by atoms with E-state index in [4.69, 9.17) is 61.6 Å². The summed E-state index contributed by atoms with van der Waals surface area (Å²) in [4.78, 5) is 106. The topological polar surface area (TPSA) is 338 Å².